The zero-order chi connectivity index (χ0) is 19.8. The van der Waals surface area contributed by atoms with Crippen LogP contribution in [-0.2, 0) is 16.0 Å². The number of nitrogens with zero attached hydrogens (tertiary/aromatic N) is 1. The summed E-state index contributed by atoms with van der Waals surface area (Å²) in [7, 11) is 0. The van der Waals surface area contributed by atoms with Gasteiger partial charge in [0.25, 0.3) is 0 Å². The van der Waals surface area contributed by atoms with E-state index in [4.69, 9.17) is 4.74 Å². The molecule has 27 heavy (non-hydrogen) atoms. The van der Waals surface area contributed by atoms with Crippen molar-refractivity contribution < 1.29 is 14.3 Å². The van der Waals surface area contributed by atoms with Gasteiger partial charge in [-0.3, -0.25) is 9.59 Å². The predicted molar refractivity (Wildman–Crippen MR) is 108 cm³/mol. The monoisotopic (exact) mass is 374 g/mol. The second kappa shape index (κ2) is 10.3. The Bertz CT molecular complexity index is 604. The van der Waals surface area contributed by atoms with Crippen LogP contribution < -0.4 is 10.1 Å². The quantitative estimate of drug-likeness (QED) is 0.758. The molecule has 0 aliphatic carbocycles. The van der Waals surface area contributed by atoms with Crippen LogP contribution in [0.5, 0.6) is 5.75 Å². The molecule has 2 amide bonds. The van der Waals surface area contributed by atoms with Crippen LogP contribution in [0.2, 0.25) is 0 Å². The highest BCUT2D eigenvalue weighted by Gasteiger charge is 2.30. The van der Waals surface area contributed by atoms with Gasteiger partial charge in [0.05, 0.1) is 6.61 Å². The number of likely N-dealkylation sites (tertiary alicyclic amines) is 1. The number of benzene rings is 1. The van der Waals surface area contributed by atoms with E-state index >= 15 is 0 Å². The molecule has 0 saturated carbocycles. The summed E-state index contributed by atoms with van der Waals surface area (Å²) in [5, 5.41) is 2.81. The minimum atomic E-state index is -0.414. The minimum absolute atomic E-state index is 0.0603. The summed E-state index contributed by atoms with van der Waals surface area (Å²) in [5.74, 6) is 1.59. The normalized spacial score (nSPS) is 16.3. The smallest absolute Gasteiger partial charge is 0.245 e. The van der Waals surface area contributed by atoms with Crippen molar-refractivity contribution in [3.63, 3.8) is 0 Å². The van der Waals surface area contributed by atoms with Crippen molar-refractivity contribution in [1.82, 2.24) is 10.2 Å². The van der Waals surface area contributed by atoms with Crippen LogP contribution in [0.4, 0.5) is 0 Å². The van der Waals surface area contributed by atoms with Gasteiger partial charge in [-0.15, -0.1) is 0 Å². The van der Waals surface area contributed by atoms with Crippen LogP contribution in [0.15, 0.2) is 24.3 Å². The largest absolute Gasteiger partial charge is 0.494 e. The van der Waals surface area contributed by atoms with E-state index < -0.39 is 6.04 Å². The third kappa shape index (κ3) is 6.56. The maximum atomic E-state index is 12.7. The molecule has 1 heterocycles. The average molecular weight is 375 g/mol. The number of carbonyl (C=O) groups excluding carboxylic acids is 2. The molecule has 0 bridgehead atoms. The van der Waals surface area contributed by atoms with Crippen LogP contribution in [0.25, 0.3) is 0 Å². The summed E-state index contributed by atoms with van der Waals surface area (Å²) in [4.78, 5) is 26.1. The summed E-state index contributed by atoms with van der Waals surface area (Å²) in [6.45, 7) is 9.67. The van der Waals surface area contributed by atoms with E-state index in [2.05, 4.69) is 17.4 Å². The number of hydrogen-bond donors (Lipinski definition) is 1. The second-order valence-corrected chi connectivity index (χ2v) is 7.81. The molecular weight excluding hydrogens is 340 g/mol. The Morgan fingerprint density at radius 3 is 2.33 bits per heavy atom. The van der Waals surface area contributed by atoms with Gasteiger partial charge in [-0.25, -0.2) is 0 Å². The summed E-state index contributed by atoms with van der Waals surface area (Å²) in [6, 6.07) is 7.94. The number of aryl methyl sites for hydroxylation is 1. The van der Waals surface area contributed by atoms with Gasteiger partial charge < -0.3 is 15.0 Å². The molecule has 0 spiro atoms. The molecule has 1 fully saturated rings. The van der Waals surface area contributed by atoms with Crippen LogP contribution in [0.3, 0.4) is 0 Å². The van der Waals surface area contributed by atoms with Crippen molar-refractivity contribution in [2.45, 2.75) is 59.4 Å². The lowest BCUT2D eigenvalue weighted by Gasteiger charge is -2.35. The Labute approximate surface area is 163 Å². The molecule has 1 aromatic carbocycles. The van der Waals surface area contributed by atoms with E-state index in [1.807, 2.05) is 37.8 Å². The average Bonchev–Trinajstić information content (AvgIpc) is 2.65. The molecule has 0 aromatic heterocycles. The maximum Gasteiger partial charge on any atom is 0.245 e. The topological polar surface area (TPSA) is 58.6 Å². The molecule has 150 valence electrons. The Morgan fingerprint density at radius 2 is 1.81 bits per heavy atom. The molecule has 1 N–H and O–H groups in total. The lowest BCUT2D eigenvalue weighted by Crippen LogP contribution is -2.52. The predicted octanol–water partition coefficient (Wildman–Crippen LogP) is 3.42. The highest BCUT2D eigenvalue weighted by Crippen LogP contribution is 2.24. The lowest BCUT2D eigenvalue weighted by atomic mass is 9.90. The molecule has 2 rings (SSSR count). The number of piperidine rings is 1. The zero-order valence-corrected chi connectivity index (χ0v) is 17.2. The maximum absolute atomic E-state index is 12.7. The highest BCUT2D eigenvalue weighted by molar-refractivity contribution is 5.87. The van der Waals surface area contributed by atoms with Gasteiger partial charge in [0.15, 0.2) is 0 Å². The fourth-order valence-electron chi connectivity index (χ4n) is 3.66. The first-order valence-electron chi connectivity index (χ1n) is 10.2. The SMILES string of the molecule is CCOc1ccc(CCC2CCN(C(=O)[C@H](NC(C)=O)C(C)C)CC2)cc1. The molecule has 1 saturated heterocycles. The highest BCUT2D eigenvalue weighted by atomic mass is 16.5. The molecular formula is C22H34N2O3. The Hall–Kier alpha value is -2.04. The summed E-state index contributed by atoms with van der Waals surface area (Å²) >= 11 is 0. The van der Waals surface area contributed by atoms with E-state index in [9.17, 15) is 9.59 Å². The van der Waals surface area contributed by atoms with E-state index in [0.29, 0.717) is 12.5 Å². The first-order chi connectivity index (χ1) is 12.9. The fourth-order valence-corrected chi connectivity index (χ4v) is 3.66. The van der Waals surface area contributed by atoms with E-state index in [1.165, 1.54) is 12.5 Å². The van der Waals surface area contributed by atoms with Crippen LogP contribution in [0, 0.1) is 11.8 Å². The van der Waals surface area contributed by atoms with E-state index in [-0.39, 0.29) is 17.7 Å². The number of nitrogens with one attached hydrogen (secondary N) is 1. The standard InChI is InChI=1S/C22H34N2O3/c1-5-27-20-10-8-18(9-11-20)6-7-19-12-14-24(15-13-19)22(26)21(16(2)3)23-17(4)25/h8-11,16,19,21H,5-7,12-15H2,1-4H3,(H,23,25)/t21-/m1/s1. The lowest BCUT2D eigenvalue weighted by molar-refractivity contribution is -0.138. The molecule has 1 aliphatic rings. The van der Waals surface area contributed by atoms with E-state index in [1.54, 1.807) is 0 Å². The van der Waals surface area contributed by atoms with Gasteiger partial charge in [-0.05, 0) is 62.1 Å². The van der Waals surface area contributed by atoms with Gasteiger partial charge in [-0.2, -0.15) is 0 Å². The molecule has 5 heteroatoms. The minimum Gasteiger partial charge on any atom is -0.494 e. The Morgan fingerprint density at radius 1 is 1.19 bits per heavy atom. The summed E-state index contributed by atoms with van der Waals surface area (Å²) < 4.78 is 5.49. The van der Waals surface area contributed by atoms with Gasteiger partial charge in [0.1, 0.15) is 11.8 Å². The van der Waals surface area contributed by atoms with Crippen LogP contribution in [-0.4, -0.2) is 42.5 Å². The molecule has 1 aliphatic heterocycles. The molecule has 1 atom stereocenters. The van der Waals surface area contributed by atoms with Crippen molar-refractivity contribution in [2.24, 2.45) is 11.8 Å². The first-order valence-corrected chi connectivity index (χ1v) is 10.2. The number of hydrogen-bond acceptors (Lipinski definition) is 3. The van der Waals surface area contributed by atoms with Crippen molar-refractivity contribution in [1.29, 1.82) is 0 Å². The first kappa shape index (κ1) is 21.3. The van der Waals surface area contributed by atoms with Gasteiger partial charge >= 0.3 is 0 Å². The number of rotatable bonds is 8. The van der Waals surface area contributed by atoms with Crippen LogP contribution >= 0.6 is 0 Å². The number of carbonyl (C=O) groups is 2. The van der Waals surface area contributed by atoms with Crippen molar-refractivity contribution in [3.8, 4) is 5.75 Å². The van der Waals surface area contributed by atoms with Gasteiger partial charge in [-0.1, -0.05) is 26.0 Å². The molecule has 0 unspecified atom stereocenters. The van der Waals surface area contributed by atoms with Gasteiger partial charge in [0, 0.05) is 20.0 Å². The summed E-state index contributed by atoms with van der Waals surface area (Å²) in [5.41, 5.74) is 1.34. The number of ether oxygens (including phenoxy) is 1. The fraction of sp³-hybridized carbons (Fsp3) is 0.636. The van der Waals surface area contributed by atoms with E-state index in [0.717, 1.165) is 44.5 Å². The Balaban J connectivity index is 1.78. The Kier molecular flexibility index (Phi) is 8.14. The third-order valence-corrected chi connectivity index (χ3v) is 5.29. The van der Waals surface area contributed by atoms with Crippen molar-refractivity contribution >= 4 is 11.8 Å². The molecule has 0 radical (unpaired) electrons. The summed E-state index contributed by atoms with van der Waals surface area (Å²) in [6.07, 6.45) is 4.28. The number of amides is 2. The van der Waals surface area contributed by atoms with Crippen molar-refractivity contribution in [3.05, 3.63) is 29.8 Å². The second-order valence-electron chi connectivity index (χ2n) is 7.81. The molecule has 5 nitrogen and oxygen atoms in total. The molecule has 1 aromatic rings. The third-order valence-electron chi connectivity index (χ3n) is 5.29. The van der Waals surface area contributed by atoms with Gasteiger partial charge in [0.2, 0.25) is 11.8 Å². The zero-order valence-electron chi connectivity index (χ0n) is 17.2. The van der Waals surface area contributed by atoms with Crippen molar-refractivity contribution in [2.75, 3.05) is 19.7 Å². The van der Waals surface area contributed by atoms with Crippen LogP contribution in [0.1, 0.15) is 52.5 Å².